The Bertz CT molecular complexity index is 1780. The molecule has 0 aliphatic carbocycles. The van der Waals surface area contributed by atoms with E-state index in [1.54, 1.807) is 0 Å². The highest BCUT2D eigenvalue weighted by atomic mass is 16.6. The molecule has 0 aromatic heterocycles. The molecule has 1 unspecified atom stereocenters. The minimum atomic E-state index is -0.814. The van der Waals surface area contributed by atoms with Gasteiger partial charge in [-0.05, 0) is 141 Å². The van der Waals surface area contributed by atoms with E-state index in [9.17, 15) is 14.4 Å². The molecule has 0 radical (unpaired) electrons. The first kappa shape index (κ1) is 74.0. The lowest BCUT2D eigenvalue weighted by Gasteiger charge is -2.18. The van der Waals surface area contributed by atoms with E-state index < -0.39 is 6.10 Å². The SMILES string of the molecule is CC/C=C\C/C=C\C/C=C\C/C=C\C/C=C\C/C=C\C/C=C\CCCCCCCCCCCCCC(=O)OCC(COC(=O)CCCCCCC/C=C\C/C=C\CCC)OC(=O)CCCC/C=C\C/C=C\C/C=C\C/C=C\CC. The highest BCUT2D eigenvalue weighted by molar-refractivity contribution is 5.71. The Morgan fingerprint density at radius 2 is 0.494 bits per heavy atom. The van der Waals surface area contributed by atoms with Crippen LogP contribution in [0.4, 0.5) is 0 Å². The summed E-state index contributed by atoms with van der Waals surface area (Å²) >= 11 is 0. The molecule has 444 valence electrons. The Morgan fingerprint density at radius 3 is 0.797 bits per heavy atom. The van der Waals surface area contributed by atoms with Gasteiger partial charge in [-0.15, -0.1) is 0 Å². The van der Waals surface area contributed by atoms with E-state index in [-0.39, 0.29) is 37.5 Å². The predicted octanol–water partition coefficient (Wildman–Crippen LogP) is 22.1. The molecule has 0 aromatic carbocycles. The minimum Gasteiger partial charge on any atom is -0.462 e. The number of allylic oxidation sites excluding steroid dienone is 26. The van der Waals surface area contributed by atoms with Gasteiger partial charge in [-0.3, -0.25) is 14.4 Å². The number of carbonyl (C=O) groups excluding carboxylic acids is 3. The van der Waals surface area contributed by atoms with Crippen LogP contribution in [0.25, 0.3) is 0 Å². The molecule has 0 N–H and O–H groups in total. The van der Waals surface area contributed by atoms with Gasteiger partial charge in [0.2, 0.25) is 0 Å². The fourth-order valence-electron chi connectivity index (χ4n) is 8.27. The van der Waals surface area contributed by atoms with Crippen LogP contribution in [0.5, 0.6) is 0 Å². The molecule has 0 heterocycles. The first-order chi connectivity index (χ1) is 39.0. The molecule has 0 aliphatic rings. The second-order valence-corrected chi connectivity index (χ2v) is 20.5. The van der Waals surface area contributed by atoms with Gasteiger partial charge in [-0.25, -0.2) is 0 Å². The van der Waals surface area contributed by atoms with Gasteiger partial charge in [0, 0.05) is 19.3 Å². The highest BCUT2D eigenvalue weighted by Crippen LogP contribution is 2.15. The molecule has 0 aromatic rings. The molecule has 6 heteroatoms. The summed E-state index contributed by atoms with van der Waals surface area (Å²) in [5, 5.41) is 0. The van der Waals surface area contributed by atoms with E-state index in [1.807, 2.05) is 0 Å². The molecule has 0 bridgehead atoms. The summed E-state index contributed by atoms with van der Waals surface area (Å²) in [6.45, 7) is 6.29. The molecular formula is C73H116O6. The maximum absolute atomic E-state index is 12.9. The van der Waals surface area contributed by atoms with Crippen molar-refractivity contribution in [2.45, 2.75) is 271 Å². The predicted molar refractivity (Wildman–Crippen MR) is 343 cm³/mol. The van der Waals surface area contributed by atoms with Crippen molar-refractivity contribution in [3.8, 4) is 0 Å². The van der Waals surface area contributed by atoms with Gasteiger partial charge in [-0.1, -0.05) is 262 Å². The summed E-state index contributed by atoms with van der Waals surface area (Å²) in [6, 6.07) is 0. The van der Waals surface area contributed by atoms with E-state index in [1.165, 1.54) is 64.2 Å². The van der Waals surface area contributed by atoms with Gasteiger partial charge in [0.25, 0.3) is 0 Å². The Balaban J connectivity index is 4.28. The van der Waals surface area contributed by atoms with Gasteiger partial charge in [0.1, 0.15) is 13.2 Å². The fraction of sp³-hybridized carbons (Fsp3) is 0.603. The van der Waals surface area contributed by atoms with E-state index in [2.05, 4.69) is 179 Å². The summed E-state index contributed by atoms with van der Waals surface area (Å²) in [5.41, 5.74) is 0. The second kappa shape index (κ2) is 65.5. The number of esters is 3. The molecule has 0 saturated carbocycles. The lowest BCUT2D eigenvalue weighted by Crippen LogP contribution is -2.30. The van der Waals surface area contributed by atoms with E-state index >= 15 is 0 Å². The smallest absolute Gasteiger partial charge is 0.306 e. The standard InChI is InChI=1S/C73H116O6/c1-4-7-10-13-16-19-22-25-27-28-29-30-31-32-33-34-35-36-37-38-39-40-41-42-43-44-46-48-51-54-57-60-63-66-72(75)78-69-70(68-77-71(74)65-62-59-56-53-50-47-24-21-18-15-12-9-6-3)79-73(76)67-64-61-58-55-52-49-45-26-23-20-17-14-11-8-5-2/h7-8,10-12,15-17,19-21,24-27,29-30,32-33,35-36,38-39,45,52,55,70H,4-6,9,13-14,18,22-23,28,31,34,37,40-44,46-51,53-54,56-69H2,1-3H3/b10-7-,11-8-,15-12-,19-16-,20-17-,24-21-,27-25-,30-29-,33-32-,36-35-,39-38-,45-26-,55-52-. The monoisotopic (exact) mass is 1090 g/mol. The zero-order valence-electron chi connectivity index (χ0n) is 50.8. The zero-order chi connectivity index (χ0) is 57.1. The van der Waals surface area contributed by atoms with Crippen molar-refractivity contribution in [3.63, 3.8) is 0 Å². The number of carbonyl (C=O) groups is 3. The Labute approximate surface area is 486 Å². The number of ether oxygens (including phenoxy) is 3. The molecule has 6 nitrogen and oxygen atoms in total. The number of unbranched alkanes of at least 4 members (excludes halogenated alkanes) is 19. The van der Waals surface area contributed by atoms with Crippen LogP contribution in [0.3, 0.4) is 0 Å². The van der Waals surface area contributed by atoms with Crippen LogP contribution in [-0.2, 0) is 28.6 Å². The summed E-state index contributed by atoms with van der Waals surface area (Å²) in [5.74, 6) is -0.969. The fourth-order valence-corrected chi connectivity index (χ4v) is 8.27. The van der Waals surface area contributed by atoms with Gasteiger partial charge < -0.3 is 14.2 Å². The number of hydrogen-bond donors (Lipinski definition) is 0. The maximum atomic E-state index is 12.9. The molecule has 0 rings (SSSR count). The first-order valence-corrected chi connectivity index (χ1v) is 32.0. The van der Waals surface area contributed by atoms with Crippen molar-refractivity contribution in [3.05, 3.63) is 158 Å². The summed E-state index contributed by atoms with van der Waals surface area (Å²) in [4.78, 5) is 38.2. The third-order valence-electron chi connectivity index (χ3n) is 13.0. The average molecular weight is 1090 g/mol. The van der Waals surface area contributed by atoms with Crippen LogP contribution < -0.4 is 0 Å². The summed E-state index contributed by atoms with van der Waals surface area (Å²) in [6.07, 6.45) is 95.5. The minimum absolute atomic E-state index is 0.106. The van der Waals surface area contributed by atoms with Crippen LogP contribution in [0.15, 0.2) is 158 Å². The number of hydrogen-bond acceptors (Lipinski definition) is 6. The Kier molecular flexibility index (Phi) is 61.4. The van der Waals surface area contributed by atoms with Crippen LogP contribution in [0, 0.1) is 0 Å². The van der Waals surface area contributed by atoms with Crippen molar-refractivity contribution in [2.75, 3.05) is 13.2 Å². The molecule has 0 fully saturated rings. The van der Waals surface area contributed by atoms with E-state index in [0.29, 0.717) is 19.3 Å². The van der Waals surface area contributed by atoms with Gasteiger partial charge in [-0.2, -0.15) is 0 Å². The maximum Gasteiger partial charge on any atom is 0.306 e. The molecule has 1 atom stereocenters. The second-order valence-electron chi connectivity index (χ2n) is 20.5. The van der Waals surface area contributed by atoms with Gasteiger partial charge >= 0.3 is 17.9 Å². The third-order valence-corrected chi connectivity index (χ3v) is 13.0. The molecule has 0 spiro atoms. The molecule has 0 aliphatic heterocycles. The Hall–Kier alpha value is -4.97. The van der Waals surface area contributed by atoms with Crippen molar-refractivity contribution >= 4 is 17.9 Å². The quantitative estimate of drug-likeness (QED) is 0.0261. The molecule has 79 heavy (non-hydrogen) atoms. The zero-order valence-corrected chi connectivity index (χ0v) is 50.8. The van der Waals surface area contributed by atoms with Crippen LogP contribution in [0.2, 0.25) is 0 Å². The molecular weight excluding hydrogens is 973 g/mol. The normalized spacial score (nSPS) is 13.2. The number of rotatable bonds is 56. The average Bonchev–Trinajstić information content (AvgIpc) is 3.45. The van der Waals surface area contributed by atoms with Crippen LogP contribution >= 0.6 is 0 Å². The van der Waals surface area contributed by atoms with Gasteiger partial charge in [0.05, 0.1) is 0 Å². The van der Waals surface area contributed by atoms with Crippen LogP contribution in [0.1, 0.15) is 265 Å². The summed E-state index contributed by atoms with van der Waals surface area (Å²) in [7, 11) is 0. The van der Waals surface area contributed by atoms with E-state index in [4.69, 9.17) is 14.2 Å². The topological polar surface area (TPSA) is 78.9 Å². The van der Waals surface area contributed by atoms with Crippen molar-refractivity contribution in [1.29, 1.82) is 0 Å². The lowest BCUT2D eigenvalue weighted by atomic mass is 10.0. The van der Waals surface area contributed by atoms with Crippen molar-refractivity contribution in [2.24, 2.45) is 0 Å². The highest BCUT2D eigenvalue weighted by Gasteiger charge is 2.19. The lowest BCUT2D eigenvalue weighted by molar-refractivity contribution is -0.167. The molecule has 0 saturated heterocycles. The largest absolute Gasteiger partial charge is 0.462 e. The first-order valence-electron chi connectivity index (χ1n) is 32.0. The van der Waals surface area contributed by atoms with E-state index in [0.717, 1.165) is 154 Å². The molecule has 0 amide bonds. The van der Waals surface area contributed by atoms with Gasteiger partial charge in [0.15, 0.2) is 6.10 Å². The Morgan fingerprint density at radius 1 is 0.266 bits per heavy atom. The van der Waals surface area contributed by atoms with Crippen molar-refractivity contribution in [1.82, 2.24) is 0 Å². The summed E-state index contributed by atoms with van der Waals surface area (Å²) < 4.78 is 16.8. The third kappa shape index (κ3) is 63.7. The van der Waals surface area contributed by atoms with Crippen molar-refractivity contribution < 1.29 is 28.6 Å². The van der Waals surface area contributed by atoms with Crippen LogP contribution in [-0.4, -0.2) is 37.2 Å².